The molecule has 0 amide bonds. The number of aromatic nitrogens is 3. The highest BCUT2D eigenvalue weighted by Gasteiger charge is 2.50. The second-order valence-corrected chi connectivity index (χ2v) is 3.61. The molecular formula is C8H9F2N3O4. The van der Waals surface area contributed by atoms with E-state index in [4.69, 9.17) is 5.11 Å². The summed E-state index contributed by atoms with van der Waals surface area (Å²) in [6.45, 7) is -1.16. The number of alkyl halides is 2. The molecule has 0 bridgehead atoms. The second-order valence-electron chi connectivity index (χ2n) is 3.61. The van der Waals surface area contributed by atoms with Crippen molar-refractivity contribution in [3.63, 3.8) is 0 Å². The van der Waals surface area contributed by atoms with Crippen molar-refractivity contribution in [1.29, 1.82) is 0 Å². The molecule has 0 aromatic carbocycles. The maximum absolute atomic E-state index is 13.5. The zero-order valence-corrected chi connectivity index (χ0v) is 8.47. The van der Waals surface area contributed by atoms with Crippen LogP contribution in [-0.2, 0) is 4.74 Å². The average Bonchev–Trinajstić information content (AvgIpc) is 2.56. The first-order chi connectivity index (χ1) is 7.96. The molecule has 1 aliphatic heterocycles. The molecule has 1 aliphatic rings. The van der Waals surface area contributed by atoms with Crippen LogP contribution in [0.25, 0.3) is 0 Å². The van der Waals surface area contributed by atoms with Crippen molar-refractivity contribution in [3.05, 3.63) is 27.3 Å². The third-order valence-corrected chi connectivity index (χ3v) is 2.48. The summed E-state index contributed by atoms with van der Waals surface area (Å²) in [5, 5.41) is 8.67. The molecule has 0 saturated carbocycles. The Kier molecular flexibility index (Phi) is 2.79. The summed E-state index contributed by atoms with van der Waals surface area (Å²) in [6.07, 6.45) is -2.93. The molecule has 7 nitrogen and oxygen atoms in total. The van der Waals surface area contributed by atoms with Gasteiger partial charge in [0.2, 0.25) is 0 Å². The van der Waals surface area contributed by atoms with E-state index in [9.17, 15) is 18.4 Å². The van der Waals surface area contributed by atoms with E-state index in [1.807, 2.05) is 4.98 Å². The molecule has 2 heterocycles. The van der Waals surface area contributed by atoms with Gasteiger partial charge >= 0.3 is 11.4 Å². The number of hydrogen-bond acceptors (Lipinski definition) is 5. The smallest absolute Gasteiger partial charge is 0.350 e. The van der Waals surface area contributed by atoms with Crippen molar-refractivity contribution in [1.82, 2.24) is 14.5 Å². The molecule has 0 spiro atoms. The summed E-state index contributed by atoms with van der Waals surface area (Å²) in [5.74, 6) is -2.83. The number of H-pyrrole nitrogens is 1. The van der Waals surface area contributed by atoms with Gasteiger partial charge in [0, 0.05) is 6.42 Å². The first kappa shape index (κ1) is 11.9. The molecular weight excluding hydrogens is 240 g/mol. The number of aromatic amines is 1. The van der Waals surface area contributed by atoms with Crippen LogP contribution >= 0.6 is 0 Å². The van der Waals surface area contributed by atoms with Crippen LogP contribution in [0, 0.1) is 0 Å². The summed E-state index contributed by atoms with van der Waals surface area (Å²) in [4.78, 5) is 27.1. The number of hydrogen-bond donors (Lipinski definition) is 2. The SMILES string of the molecule is O=c1ncn([C@H]2C[C@H](F)[C@@](F)(CO)O2)c(=O)[nH]1. The molecule has 1 aromatic heterocycles. The summed E-state index contributed by atoms with van der Waals surface area (Å²) < 4.78 is 32.2. The Morgan fingerprint density at radius 3 is 2.94 bits per heavy atom. The van der Waals surface area contributed by atoms with Crippen molar-refractivity contribution in [2.24, 2.45) is 0 Å². The molecule has 1 saturated heterocycles. The van der Waals surface area contributed by atoms with E-state index in [0.717, 1.165) is 10.9 Å². The molecule has 1 aromatic rings. The fraction of sp³-hybridized carbons (Fsp3) is 0.625. The van der Waals surface area contributed by atoms with Gasteiger partial charge in [0.1, 0.15) is 19.2 Å². The van der Waals surface area contributed by atoms with Gasteiger partial charge in [-0.3, -0.25) is 9.55 Å². The fourth-order valence-corrected chi connectivity index (χ4v) is 1.57. The lowest BCUT2D eigenvalue weighted by molar-refractivity contribution is -0.196. The van der Waals surface area contributed by atoms with E-state index in [0.29, 0.717) is 0 Å². The number of aliphatic hydroxyl groups is 1. The summed E-state index contributed by atoms with van der Waals surface area (Å²) >= 11 is 0. The zero-order valence-electron chi connectivity index (χ0n) is 8.47. The highest BCUT2D eigenvalue weighted by molar-refractivity contribution is 4.88. The minimum Gasteiger partial charge on any atom is -0.390 e. The monoisotopic (exact) mass is 249 g/mol. The Balaban J connectivity index is 2.32. The van der Waals surface area contributed by atoms with Crippen LogP contribution in [0.1, 0.15) is 12.6 Å². The van der Waals surface area contributed by atoms with E-state index in [2.05, 4.69) is 9.72 Å². The Hall–Kier alpha value is -1.61. The molecule has 0 unspecified atom stereocenters. The van der Waals surface area contributed by atoms with Crippen molar-refractivity contribution >= 4 is 0 Å². The normalized spacial score (nSPS) is 32.9. The minimum atomic E-state index is -2.83. The molecule has 17 heavy (non-hydrogen) atoms. The fourth-order valence-electron chi connectivity index (χ4n) is 1.57. The van der Waals surface area contributed by atoms with Gasteiger partial charge in [0.25, 0.3) is 5.85 Å². The van der Waals surface area contributed by atoms with E-state index < -0.39 is 42.7 Å². The van der Waals surface area contributed by atoms with E-state index >= 15 is 0 Å². The van der Waals surface area contributed by atoms with E-state index in [1.165, 1.54) is 0 Å². The lowest BCUT2D eigenvalue weighted by Gasteiger charge is -2.19. The highest BCUT2D eigenvalue weighted by Crippen LogP contribution is 2.38. The van der Waals surface area contributed by atoms with Crippen molar-refractivity contribution < 1.29 is 18.6 Å². The van der Waals surface area contributed by atoms with Gasteiger partial charge in [-0.1, -0.05) is 0 Å². The van der Waals surface area contributed by atoms with Crippen LogP contribution in [0.4, 0.5) is 8.78 Å². The summed E-state index contributed by atoms with van der Waals surface area (Å²) in [7, 11) is 0. The molecule has 3 atom stereocenters. The molecule has 9 heteroatoms. The molecule has 1 fully saturated rings. The van der Waals surface area contributed by atoms with Crippen molar-refractivity contribution in [2.45, 2.75) is 24.7 Å². The highest BCUT2D eigenvalue weighted by atomic mass is 19.2. The van der Waals surface area contributed by atoms with Gasteiger partial charge in [-0.2, -0.15) is 4.98 Å². The minimum absolute atomic E-state index is 0.454. The molecule has 2 rings (SSSR count). The Morgan fingerprint density at radius 1 is 1.71 bits per heavy atom. The zero-order chi connectivity index (χ0) is 12.6. The number of aliphatic hydroxyl groups excluding tert-OH is 1. The van der Waals surface area contributed by atoms with Gasteiger partial charge in [-0.05, 0) is 0 Å². The maximum Gasteiger partial charge on any atom is 0.350 e. The first-order valence-electron chi connectivity index (χ1n) is 4.75. The van der Waals surface area contributed by atoms with Crippen LogP contribution in [-0.4, -0.2) is 38.3 Å². The van der Waals surface area contributed by atoms with Crippen molar-refractivity contribution in [2.75, 3.05) is 6.61 Å². The predicted octanol–water partition coefficient (Wildman–Crippen LogP) is -1.15. The summed E-state index contributed by atoms with van der Waals surface area (Å²) in [6, 6.07) is 0. The standard InChI is InChI=1S/C8H9F2N3O4/c9-4-1-5(17-8(4,10)2-14)13-3-11-6(15)12-7(13)16/h3-5,14H,1-2H2,(H,12,15,16)/t4-,5+,8+/m0/s1. The van der Waals surface area contributed by atoms with Gasteiger partial charge in [0.05, 0.1) is 0 Å². The first-order valence-corrected chi connectivity index (χ1v) is 4.75. The largest absolute Gasteiger partial charge is 0.390 e. The van der Waals surface area contributed by atoms with E-state index in [-0.39, 0.29) is 0 Å². The van der Waals surface area contributed by atoms with Crippen LogP contribution in [0.5, 0.6) is 0 Å². The Morgan fingerprint density at radius 2 is 2.41 bits per heavy atom. The molecule has 0 aliphatic carbocycles. The second kappa shape index (κ2) is 4.00. The van der Waals surface area contributed by atoms with Crippen LogP contribution in [0.2, 0.25) is 0 Å². The van der Waals surface area contributed by atoms with Crippen molar-refractivity contribution in [3.8, 4) is 0 Å². The number of nitrogens with one attached hydrogen (secondary N) is 1. The number of halogens is 2. The third-order valence-electron chi connectivity index (χ3n) is 2.48. The lowest BCUT2D eigenvalue weighted by atomic mass is 10.2. The van der Waals surface area contributed by atoms with Crippen LogP contribution < -0.4 is 11.4 Å². The van der Waals surface area contributed by atoms with Gasteiger partial charge in [-0.15, -0.1) is 0 Å². The molecule has 0 radical (unpaired) electrons. The Bertz CT molecular complexity index is 530. The third kappa shape index (κ3) is 1.98. The topological polar surface area (TPSA) is 97.2 Å². The number of ether oxygens (including phenoxy) is 1. The Labute approximate surface area is 92.7 Å². The molecule has 2 N–H and O–H groups in total. The van der Waals surface area contributed by atoms with Gasteiger partial charge in [0.15, 0.2) is 6.17 Å². The number of nitrogens with zero attached hydrogens (tertiary/aromatic N) is 2. The number of rotatable bonds is 2. The predicted molar refractivity (Wildman–Crippen MR) is 49.7 cm³/mol. The van der Waals surface area contributed by atoms with Gasteiger partial charge in [-0.25, -0.2) is 18.4 Å². The maximum atomic E-state index is 13.5. The van der Waals surface area contributed by atoms with Crippen LogP contribution in [0.3, 0.4) is 0 Å². The molecule has 94 valence electrons. The van der Waals surface area contributed by atoms with Gasteiger partial charge < -0.3 is 9.84 Å². The van der Waals surface area contributed by atoms with E-state index in [1.54, 1.807) is 0 Å². The quantitative estimate of drug-likeness (QED) is 0.689. The van der Waals surface area contributed by atoms with Crippen LogP contribution in [0.15, 0.2) is 15.9 Å². The lowest BCUT2D eigenvalue weighted by Crippen LogP contribution is -2.37. The summed E-state index contributed by atoms with van der Waals surface area (Å²) in [5.41, 5.74) is -1.75. The average molecular weight is 249 g/mol.